The lowest BCUT2D eigenvalue weighted by Gasteiger charge is -2.36. The molecule has 4 heterocycles. The van der Waals surface area contributed by atoms with Crippen molar-refractivity contribution in [2.75, 3.05) is 31.2 Å². The number of para-hydroxylation sites is 1. The van der Waals surface area contributed by atoms with Gasteiger partial charge < -0.3 is 24.4 Å². The molecule has 1 unspecified atom stereocenters. The number of hydrogen-bond acceptors (Lipinski definition) is 6. The van der Waals surface area contributed by atoms with E-state index in [0.29, 0.717) is 19.4 Å². The molecule has 1 aromatic rings. The van der Waals surface area contributed by atoms with E-state index in [9.17, 15) is 19.5 Å². The molecule has 5 rings (SSSR count). The van der Waals surface area contributed by atoms with Gasteiger partial charge in [0.15, 0.2) is 0 Å². The van der Waals surface area contributed by atoms with Gasteiger partial charge in [0.2, 0.25) is 5.91 Å². The molecule has 1 aromatic carbocycles. The van der Waals surface area contributed by atoms with Crippen molar-refractivity contribution in [3.05, 3.63) is 53.6 Å². The van der Waals surface area contributed by atoms with Crippen LogP contribution in [0.4, 0.5) is 5.69 Å². The van der Waals surface area contributed by atoms with Gasteiger partial charge in [0.05, 0.1) is 18.6 Å². The van der Waals surface area contributed by atoms with Crippen molar-refractivity contribution in [3.8, 4) is 0 Å². The quantitative estimate of drug-likeness (QED) is 0.524. The minimum Gasteiger partial charge on any atom is -0.465 e. The topological polar surface area (TPSA) is 96.4 Å². The lowest BCUT2D eigenvalue weighted by Crippen LogP contribution is -2.55. The van der Waals surface area contributed by atoms with E-state index in [2.05, 4.69) is 0 Å². The van der Waals surface area contributed by atoms with Gasteiger partial charge in [-0.3, -0.25) is 14.4 Å². The first kappa shape index (κ1) is 23.8. The van der Waals surface area contributed by atoms with E-state index in [1.807, 2.05) is 56.4 Å². The summed E-state index contributed by atoms with van der Waals surface area (Å²) in [5.74, 6) is -2.71. The van der Waals surface area contributed by atoms with Gasteiger partial charge in [-0.25, -0.2) is 0 Å². The zero-order valence-corrected chi connectivity index (χ0v) is 20.2. The van der Waals surface area contributed by atoms with Crippen molar-refractivity contribution >= 4 is 23.5 Å². The second-order valence-corrected chi connectivity index (χ2v) is 9.78. The van der Waals surface area contributed by atoms with Crippen molar-refractivity contribution in [1.82, 2.24) is 4.90 Å². The molecule has 35 heavy (non-hydrogen) atoms. The van der Waals surface area contributed by atoms with E-state index in [1.54, 1.807) is 4.90 Å². The van der Waals surface area contributed by atoms with Crippen LogP contribution in [0.3, 0.4) is 0 Å². The fourth-order valence-electron chi connectivity index (χ4n) is 6.17. The minimum atomic E-state index is -1.28. The predicted octanol–water partition coefficient (Wildman–Crippen LogP) is 2.06. The molecule has 0 bridgehead atoms. The number of carbonyl (C=O) groups excluding carboxylic acids is 3. The summed E-state index contributed by atoms with van der Waals surface area (Å²) in [6.07, 6.45) is 8.63. The van der Waals surface area contributed by atoms with Crippen molar-refractivity contribution < 1.29 is 29.0 Å². The standard InChI is InChI=1S/C27H32N2O6/c1-17-9-6-10-18(2)22(17)28-13-7-12-27-21(24(31)29(14-8-15-30)23(27)25(28)32)20-19(35-27)11-4-3-5-16-34-26(20)33/h4,6-7,9-12,19-21,23,30H,3,5,8,13-16H2,1-2H3/b11-4-/t19-,20+,21+,23?,27+/m1/s1. The molecule has 4 aliphatic heterocycles. The minimum absolute atomic E-state index is 0.115. The number of carbonyl (C=O) groups is 3. The molecule has 1 spiro atoms. The highest BCUT2D eigenvalue weighted by Gasteiger charge is 2.71. The largest absolute Gasteiger partial charge is 0.465 e. The van der Waals surface area contributed by atoms with E-state index >= 15 is 0 Å². The lowest BCUT2D eigenvalue weighted by molar-refractivity contribution is -0.154. The van der Waals surface area contributed by atoms with Crippen LogP contribution in [-0.4, -0.2) is 71.8 Å². The Kier molecular flexibility index (Phi) is 6.27. The highest BCUT2D eigenvalue weighted by Crippen LogP contribution is 2.53. The van der Waals surface area contributed by atoms with E-state index < -0.39 is 35.6 Å². The number of fused-ring (bicyclic) bond motifs is 2. The van der Waals surface area contributed by atoms with Crippen LogP contribution in [0.25, 0.3) is 0 Å². The third-order valence-electron chi connectivity index (χ3n) is 7.62. The summed E-state index contributed by atoms with van der Waals surface area (Å²) in [6.45, 7) is 4.62. The van der Waals surface area contributed by atoms with E-state index in [-0.39, 0.29) is 31.6 Å². The number of likely N-dealkylation sites (tertiary alicyclic amines) is 1. The van der Waals surface area contributed by atoms with Crippen LogP contribution in [0.1, 0.15) is 30.4 Å². The summed E-state index contributed by atoms with van der Waals surface area (Å²) in [6, 6.07) is 4.93. The van der Waals surface area contributed by atoms with Crippen LogP contribution >= 0.6 is 0 Å². The molecule has 1 N–H and O–H groups in total. The number of aryl methyl sites for hydroxylation is 2. The van der Waals surface area contributed by atoms with Gasteiger partial charge in [0.1, 0.15) is 17.6 Å². The molecule has 2 fully saturated rings. The van der Waals surface area contributed by atoms with Crippen LogP contribution in [0.5, 0.6) is 0 Å². The van der Waals surface area contributed by atoms with Gasteiger partial charge in [-0.15, -0.1) is 0 Å². The normalized spacial score (nSPS) is 33.3. The second kappa shape index (κ2) is 9.24. The summed E-state index contributed by atoms with van der Waals surface area (Å²) < 4.78 is 12.1. The number of cyclic esters (lactones) is 1. The Hall–Kier alpha value is -2.97. The molecule has 2 amide bonds. The molecule has 0 saturated carbocycles. The second-order valence-electron chi connectivity index (χ2n) is 9.78. The monoisotopic (exact) mass is 480 g/mol. The molecule has 0 radical (unpaired) electrons. The smallest absolute Gasteiger partial charge is 0.312 e. The number of allylic oxidation sites excluding steroid dienone is 1. The first-order valence-corrected chi connectivity index (χ1v) is 12.4. The van der Waals surface area contributed by atoms with Crippen LogP contribution in [-0.2, 0) is 23.9 Å². The van der Waals surface area contributed by atoms with E-state index in [4.69, 9.17) is 9.47 Å². The van der Waals surface area contributed by atoms with Gasteiger partial charge in [0, 0.05) is 25.4 Å². The Morgan fingerprint density at radius 1 is 1.11 bits per heavy atom. The van der Waals surface area contributed by atoms with Gasteiger partial charge in [-0.1, -0.05) is 42.5 Å². The molecule has 4 aliphatic rings. The van der Waals surface area contributed by atoms with Gasteiger partial charge in [-0.05, 0) is 44.2 Å². The number of esters is 1. The van der Waals surface area contributed by atoms with Crippen LogP contribution in [0, 0.1) is 25.7 Å². The summed E-state index contributed by atoms with van der Waals surface area (Å²) in [5.41, 5.74) is 1.45. The number of benzene rings is 1. The molecule has 2 saturated heterocycles. The maximum Gasteiger partial charge on any atom is 0.312 e. The molecule has 5 atom stereocenters. The molecular formula is C27H32N2O6. The van der Waals surface area contributed by atoms with Crippen molar-refractivity contribution in [1.29, 1.82) is 0 Å². The maximum absolute atomic E-state index is 14.3. The first-order valence-electron chi connectivity index (χ1n) is 12.4. The molecule has 8 nitrogen and oxygen atoms in total. The van der Waals surface area contributed by atoms with Gasteiger partial charge >= 0.3 is 5.97 Å². The Bertz CT molecular complexity index is 1080. The van der Waals surface area contributed by atoms with Crippen LogP contribution < -0.4 is 4.90 Å². The zero-order valence-electron chi connectivity index (χ0n) is 20.2. The third kappa shape index (κ3) is 3.70. The Labute approximate surface area is 205 Å². The fourth-order valence-corrected chi connectivity index (χ4v) is 6.17. The number of hydrogen-bond donors (Lipinski definition) is 1. The maximum atomic E-state index is 14.3. The molecular weight excluding hydrogens is 448 g/mol. The molecule has 0 aromatic heterocycles. The number of ether oxygens (including phenoxy) is 2. The summed E-state index contributed by atoms with van der Waals surface area (Å²) in [5, 5.41) is 9.50. The SMILES string of the molecule is Cc1cccc(C)c1N1CC=C[C@]23O[C@@H]4/C=C\CCCOC(=O)[C@@H]4[C@H]2C(=O)N(CCCO)C3C1=O. The lowest BCUT2D eigenvalue weighted by atomic mass is 9.78. The van der Waals surface area contributed by atoms with Crippen LogP contribution in [0.2, 0.25) is 0 Å². The van der Waals surface area contributed by atoms with Crippen LogP contribution in [0.15, 0.2) is 42.5 Å². The number of rotatable bonds is 4. The Morgan fingerprint density at radius 3 is 2.63 bits per heavy atom. The predicted molar refractivity (Wildman–Crippen MR) is 129 cm³/mol. The van der Waals surface area contributed by atoms with Gasteiger partial charge in [-0.2, -0.15) is 0 Å². The number of nitrogens with zero attached hydrogens (tertiary/aromatic N) is 2. The Balaban J connectivity index is 1.63. The number of anilines is 1. The number of aliphatic hydroxyl groups excluding tert-OH is 1. The fraction of sp³-hybridized carbons (Fsp3) is 0.519. The first-order chi connectivity index (χ1) is 16.9. The summed E-state index contributed by atoms with van der Waals surface area (Å²) in [4.78, 5) is 44.6. The highest BCUT2D eigenvalue weighted by atomic mass is 16.6. The average molecular weight is 481 g/mol. The zero-order chi connectivity index (χ0) is 24.7. The van der Waals surface area contributed by atoms with Crippen molar-refractivity contribution in [3.63, 3.8) is 0 Å². The molecule has 186 valence electrons. The highest BCUT2D eigenvalue weighted by molar-refractivity contribution is 6.06. The molecule has 0 aliphatic carbocycles. The van der Waals surface area contributed by atoms with Gasteiger partial charge in [0.25, 0.3) is 5.91 Å². The molecule has 8 heteroatoms. The van der Waals surface area contributed by atoms with E-state index in [1.165, 1.54) is 4.90 Å². The number of aliphatic hydroxyl groups is 1. The van der Waals surface area contributed by atoms with Crippen molar-refractivity contribution in [2.45, 2.75) is 50.9 Å². The van der Waals surface area contributed by atoms with Crippen molar-refractivity contribution in [2.24, 2.45) is 11.8 Å². The summed E-state index contributed by atoms with van der Waals surface area (Å²) in [7, 11) is 0. The third-order valence-corrected chi connectivity index (χ3v) is 7.62. The van der Waals surface area contributed by atoms with E-state index in [0.717, 1.165) is 23.2 Å². The summed E-state index contributed by atoms with van der Waals surface area (Å²) >= 11 is 0. The average Bonchev–Trinajstić information content (AvgIpc) is 3.23. The Morgan fingerprint density at radius 2 is 1.89 bits per heavy atom. The number of amides is 2.